The van der Waals surface area contributed by atoms with Crippen molar-refractivity contribution in [2.75, 3.05) is 6.26 Å². The maximum atomic E-state index is 3.82. The van der Waals surface area contributed by atoms with E-state index < -0.39 is 0 Å². The Balaban J connectivity index is 2.83. The summed E-state index contributed by atoms with van der Waals surface area (Å²) in [5, 5.41) is 0.958. The molecule has 0 aliphatic rings. The van der Waals surface area contributed by atoms with E-state index in [0.29, 0.717) is 0 Å². The van der Waals surface area contributed by atoms with Crippen LogP contribution in [0.2, 0.25) is 0 Å². The first-order chi connectivity index (χ1) is 3.93. The molecule has 0 aliphatic heterocycles. The second-order valence-corrected chi connectivity index (χ2v) is 2.03. The van der Waals surface area contributed by atoms with Crippen molar-refractivity contribution in [2.24, 2.45) is 0 Å². The summed E-state index contributed by atoms with van der Waals surface area (Å²) in [6.45, 7) is 0. The lowest BCUT2D eigenvalue weighted by Crippen LogP contribution is -1.77. The maximum absolute atomic E-state index is 3.82. The van der Waals surface area contributed by atoms with E-state index in [0.717, 1.165) is 5.03 Å². The molecule has 0 atom stereocenters. The Morgan fingerprint density at radius 2 is 2.62 bits per heavy atom. The number of hydrogen-bond acceptors (Lipinski definition) is 3. The van der Waals surface area contributed by atoms with Crippen LogP contribution in [0.4, 0.5) is 0 Å². The first kappa shape index (κ1) is 5.56. The molecule has 0 unspecified atom stereocenters. The fraction of sp³-hybridized carbons (Fsp3) is 0.200. The lowest BCUT2D eigenvalue weighted by Gasteiger charge is -1.86. The van der Waals surface area contributed by atoms with Crippen LogP contribution in [0, 0.1) is 6.33 Å². The molecule has 1 radical (unpaired) electrons. The van der Waals surface area contributed by atoms with Crippen molar-refractivity contribution in [1.82, 2.24) is 9.97 Å². The molecule has 8 heavy (non-hydrogen) atoms. The standard InChI is InChI=1S/C5H5N2S/c1-8-5-2-3-6-4-7-5/h2-3H,1H3. The van der Waals surface area contributed by atoms with Crippen molar-refractivity contribution < 1.29 is 0 Å². The average Bonchev–Trinajstić information content (AvgIpc) is 1.90. The molecule has 1 rings (SSSR count). The normalized spacial score (nSPS) is 9.12. The van der Waals surface area contributed by atoms with Crippen molar-refractivity contribution in [3.8, 4) is 0 Å². The van der Waals surface area contributed by atoms with Gasteiger partial charge < -0.3 is 0 Å². The molecule has 0 bridgehead atoms. The Labute approximate surface area is 52.4 Å². The van der Waals surface area contributed by atoms with Crippen molar-refractivity contribution in [2.45, 2.75) is 5.03 Å². The van der Waals surface area contributed by atoms with Gasteiger partial charge in [-0.15, -0.1) is 11.8 Å². The summed E-state index contributed by atoms with van der Waals surface area (Å²) in [5.41, 5.74) is 0. The summed E-state index contributed by atoms with van der Waals surface area (Å²) in [6, 6.07) is 1.85. The second-order valence-electron chi connectivity index (χ2n) is 1.20. The molecular formula is C5H5N2S. The van der Waals surface area contributed by atoms with Gasteiger partial charge in [0.15, 0.2) is 6.33 Å². The third-order valence-electron chi connectivity index (χ3n) is 0.719. The summed E-state index contributed by atoms with van der Waals surface area (Å²) in [5.74, 6) is 0. The fourth-order valence-electron chi connectivity index (χ4n) is 0.363. The van der Waals surface area contributed by atoms with Gasteiger partial charge in [0.05, 0.1) is 5.03 Å². The Morgan fingerprint density at radius 1 is 1.75 bits per heavy atom. The lowest BCUT2D eigenvalue weighted by atomic mass is 10.7. The van der Waals surface area contributed by atoms with Crippen LogP contribution >= 0.6 is 11.8 Å². The average molecular weight is 125 g/mol. The van der Waals surface area contributed by atoms with E-state index >= 15 is 0 Å². The summed E-state index contributed by atoms with van der Waals surface area (Å²) in [7, 11) is 0. The SMILES string of the molecule is CSc1ccn[c]n1. The van der Waals surface area contributed by atoms with Gasteiger partial charge in [0, 0.05) is 6.20 Å². The molecule has 0 saturated carbocycles. The van der Waals surface area contributed by atoms with Crippen LogP contribution in [0.25, 0.3) is 0 Å². The smallest absolute Gasteiger partial charge is 0.198 e. The van der Waals surface area contributed by atoms with Crippen molar-refractivity contribution in [3.05, 3.63) is 18.6 Å². The monoisotopic (exact) mass is 125 g/mol. The highest BCUT2D eigenvalue weighted by Crippen LogP contribution is 2.06. The maximum Gasteiger partial charge on any atom is 0.198 e. The summed E-state index contributed by atoms with van der Waals surface area (Å²) >= 11 is 1.59. The highest BCUT2D eigenvalue weighted by molar-refractivity contribution is 7.98. The summed E-state index contributed by atoms with van der Waals surface area (Å²) in [4.78, 5) is 7.47. The van der Waals surface area contributed by atoms with E-state index in [1.807, 2.05) is 12.3 Å². The molecule has 1 aromatic rings. The molecular weight excluding hydrogens is 120 g/mol. The predicted octanol–water partition coefficient (Wildman–Crippen LogP) is 0.999. The fourth-order valence-corrected chi connectivity index (χ4v) is 0.693. The first-order valence-electron chi connectivity index (χ1n) is 2.16. The summed E-state index contributed by atoms with van der Waals surface area (Å²) < 4.78 is 0. The Bertz CT molecular complexity index is 152. The number of thioether (sulfide) groups is 1. The van der Waals surface area contributed by atoms with E-state index in [4.69, 9.17) is 0 Å². The van der Waals surface area contributed by atoms with Crippen LogP contribution < -0.4 is 0 Å². The Kier molecular flexibility index (Phi) is 1.86. The molecule has 1 heterocycles. The molecule has 1 aromatic heterocycles. The minimum absolute atomic E-state index is 0.958. The van der Waals surface area contributed by atoms with Gasteiger partial charge in [-0.2, -0.15) is 0 Å². The van der Waals surface area contributed by atoms with E-state index in [2.05, 4.69) is 16.3 Å². The zero-order valence-corrected chi connectivity index (χ0v) is 5.27. The van der Waals surface area contributed by atoms with Crippen molar-refractivity contribution >= 4 is 11.8 Å². The molecule has 0 aliphatic carbocycles. The van der Waals surface area contributed by atoms with Crippen LogP contribution in [0.5, 0.6) is 0 Å². The first-order valence-corrected chi connectivity index (χ1v) is 3.39. The third-order valence-corrected chi connectivity index (χ3v) is 1.36. The lowest BCUT2D eigenvalue weighted by molar-refractivity contribution is 1.04. The largest absolute Gasteiger partial charge is 0.234 e. The number of rotatable bonds is 1. The summed E-state index contributed by atoms with van der Waals surface area (Å²) in [6.07, 6.45) is 6.14. The minimum Gasteiger partial charge on any atom is -0.234 e. The number of hydrogen-bond donors (Lipinski definition) is 0. The van der Waals surface area contributed by atoms with E-state index in [-0.39, 0.29) is 0 Å². The molecule has 0 fully saturated rings. The van der Waals surface area contributed by atoms with Crippen molar-refractivity contribution in [1.29, 1.82) is 0 Å². The van der Waals surface area contributed by atoms with Crippen LogP contribution in [-0.4, -0.2) is 16.2 Å². The highest BCUT2D eigenvalue weighted by atomic mass is 32.2. The third kappa shape index (κ3) is 1.20. The van der Waals surface area contributed by atoms with E-state index in [1.165, 1.54) is 0 Å². The van der Waals surface area contributed by atoms with Gasteiger partial charge in [0.2, 0.25) is 0 Å². The van der Waals surface area contributed by atoms with Gasteiger partial charge in [-0.1, -0.05) is 0 Å². The Hall–Kier alpha value is -0.570. The molecule has 0 aromatic carbocycles. The molecule has 41 valence electrons. The van der Waals surface area contributed by atoms with Gasteiger partial charge in [-0.3, -0.25) is 0 Å². The van der Waals surface area contributed by atoms with Crippen LogP contribution in [0.15, 0.2) is 17.3 Å². The molecule has 0 saturated heterocycles. The van der Waals surface area contributed by atoms with Gasteiger partial charge in [-0.05, 0) is 12.3 Å². The zero-order chi connectivity index (χ0) is 5.82. The van der Waals surface area contributed by atoms with Gasteiger partial charge in [-0.25, -0.2) is 9.97 Å². The van der Waals surface area contributed by atoms with E-state index in [9.17, 15) is 0 Å². The van der Waals surface area contributed by atoms with Crippen LogP contribution in [0.1, 0.15) is 0 Å². The molecule has 0 N–H and O–H groups in total. The van der Waals surface area contributed by atoms with Gasteiger partial charge >= 0.3 is 0 Å². The van der Waals surface area contributed by atoms with Gasteiger partial charge in [0.25, 0.3) is 0 Å². The quantitative estimate of drug-likeness (QED) is 0.413. The van der Waals surface area contributed by atoms with Crippen LogP contribution in [0.3, 0.4) is 0 Å². The van der Waals surface area contributed by atoms with Gasteiger partial charge in [0.1, 0.15) is 0 Å². The Morgan fingerprint density at radius 3 is 3.00 bits per heavy atom. The molecule has 2 nitrogen and oxygen atoms in total. The minimum atomic E-state index is 0.958. The second kappa shape index (κ2) is 2.67. The van der Waals surface area contributed by atoms with E-state index in [1.54, 1.807) is 18.0 Å². The predicted molar refractivity (Wildman–Crippen MR) is 32.6 cm³/mol. The zero-order valence-electron chi connectivity index (χ0n) is 4.46. The molecule has 0 amide bonds. The van der Waals surface area contributed by atoms with Crippen molar-refractivity contribution in [3.63, 3.8) is 0 Å². The number of nitrogens with zero attached hydrogens (tertiary/aromatic N) is 2. The molecule has 0 spiro atoms. The molecule has 3 heteroatoms. The highest BCUT2D eigenvalue weighted by Gasteiger charge is 1.83. The van der Waals surface area contributed by atoms with Crippen LogP contribution in [-0.2, 0) is 0 Å². The number of aromatic nitrogens is 2. The topological polar surface area (TPSA) is 25.8 Å².